The number of aliphatic hydroxyl groups is 1. The van der Waals surface area contributed by atoms with Crippen molar-refractivity contribution >= 4 is 5.97 Å². The highest BCUT2D eigenvalue weighted by Crippen LogP contribution is 2.21. The van der Waals surface area contributed by atoms with Crippen LogP contribution >= 0.6 is 0 Å². The van der Waals surface area contributed by atoms with Crippen LogP contribution in [0.5, 0.6) is 0 Å². The van der Waals surface area contributed by atoms with Gasteiger partial charge in [-0.3, -0.25) is 4.79 Å². The van der Waals surface area contributed by atoms with Gasteiger partial charge in [0.05, 0.1) is 6.54 Å². The summed E-state index contributed by atoms with van der Waals surface area (Å²) in [5.41, 5.74) is 17.0. The number of rotatable bonds is 10. The normalized spacial score (nSPS) is 15.6. The standard InChI is InChI=1S/C16H25F2N3O3/c17-16(18,10-19)14(22)12(20)7-4-8-13(21)15(23)24-9-11-5-2-1-3-6-11/h1-3,5-6,12-14,22H,4,7-10,19-21H2. The molecule has 0 amide bonds. The molecular formula is C16H25F2N3O3. The lowest BCUT2D eigenvalue weighted by molar-refractivity contribution is -0.146. The Morgan fingerprint density at radius 2 is 1.83 bits per heavy atom. The number of carbonyl (C=O) groups is 1. The van der Waals surface area contributed by atoms with Crippen LogP contribution < -0.4 is 17.2 Å². The van der Waals surface area contributed by atoms with E-state index < -0.39 is 36.6 Å². The zero-order valence-electron chi connectivity index (χ0n) is 13.4. The van der Waals surface area contributed by atoms with Crippen molar-refractivity contribution in [2.45, 2.75) is 50.0 Å². The van der Waals surface area contributed by atoms with Crippen LogP contribution in [-0.2, 0) is 16.1 Å². The molecule has 0 aliphatic carbocycles. The first-order valence-corrected chi connectivity index (χ1v) is 7.75. The fourth-order valence-corrected chi connectivity index (χ4v) is 2.12. The van der Waals surface area contributed by atoms with Gasteiger partial charge in [0.15, 0.2) is 0 Å². The summed E-state index contributed by atoms with van der Waals surface area (Å²) in [6.07, 6.45) is -1.40. The van der Waals surface area contributed by atoms with Crippen LogP contribution in [0.2, 0.25) is 0 Å². The van der Waals surface area contributed by atoms with Crippen LogP contribution in [0.3, 0.4) is 0 Å². The van der Waals surface area contributed by atoms with Crippen molar-refractivity contribution in [3.8, 4) is 0 Å². The first-order valence-electron chi connectivity index (χ1n) is 7.75. The molecule has 6 nitrogen and oxygen atoms in total. The Kier molecular flexibility index (Phi) is 8.20. The lowest BCUT2D eigenvalue weighted by Gasteiger charge is -2.26. The van der Waals surface area contributed by atoms with Gasteiger partial charge < -0.3 is 27.0 Å². The molecule has 136 valence electrons. The van der Waals surface area contributed by atoms with Crippen molar-refractivity contribution in [1.82, 2.24) is 0 Å². The number of hydrogen-bond acceptors (Lipinski definition) is 6. The number of nitrogens with two attached hydrogens (primary N) is 3. The molecule has 0 spiro atoms. The number of carbonyl (C=O) groups excluding carboxylic acids is 1. The van der Waals surface area contributed by atoms with E-state index >= 15 is 0 Å². The number of benzene rings is 1. The van der Waals surface area contributed by atoms with E-state index in [-0.39, 0.29) is 19.4 Å². The van der Waals surface area contributed by atoms with Gasteiger partial charge in [0.25, 0.3) is 5.92 Å². The van der Waals surface area contributed by atoms with Gasteiger partial charge in [0.1, 0.15) is 18.8 Å². The molecule has 1 aromatic rings. The second-order valence-corrected chi connectivity index (χ2v) is 5.70. The summed E-state index contributed by atoms with van der Waals surface area (Å²) < 4.78 is 31.5. The Balaban J connectivity index is 2.30. The second-order valence-electron chi connectivity index (χ2n) is 5.70. The summed E-state index contributed by atoms with van der Waals surface area (Å²) in [7, 11) is 0. The average molecular weight is 345 g/mol. The van der Waals surface area contributed by atoms with E-state index in [4.69, 9.17) is 21.9 Å². The molecule has 0 fully saturated rings. The highest BCUT2D eigenvalue weighted by atomic mass is 19.3. The highest BCUT2D eigenvalue weighted by molar-refractivity contribution is 5.75. The molecular weight excluding hydrogens is 320 g/mol. The molecule has 7 N–H and O–H groups in total. The Morgan fingerprint density at radius 3 is 2.42 bits per heavy atom. The molecule has 0 bridgehead atoms. The quantitative estimate of drug-likeness (QED) is 0.458. The summed E-state index contributed by atoms with van der Waals surface area (Å²) in [6.45, 7) is -0.860. The van der Waals surface area contributed by atoms with E-state index in [1.165, 1.54) is 0 Å². The predicted octanol–water partition coefficient (Wildman–Crippen LogP) is 0.510. The van der Waals surface area contributed by atoms with Gasteiger partial charge in [-0.2, -0.15) is 0 Å². The van der Waals surface area contributed by atoms with E-state index in [2.05, 4.69) is 0 Å². The molecule has 3 unspecified atom stereocenters. The number of alkyl halides is 2. The molecule has 3 atom stereocenters. The van der Waals surface area contributed by atoms with Gasteiger partial charge in [0.2, 0.25) is 0 Å². The predicted molar refractivity (Wildman–Crippen MR) is 86.0 cm³/mol. The van der Waals surface area contributed by atoms with Gasteiger partial charge in [-0.25, -0.2) is 8.78 Å². The van der Waals surface area contributed by atoms with Crippen LogP contribution in [0, 0.1) is 0 Å². The summed E-state index contributed by atoms with van der Waals surface area (Å²) in [6, 6.07) is 7.13. The molecule has 0 aliphatic heterocycles. The first-order chi connectivity index (χ1) is 11.3. The van der Waals surface area contributed by atoms with Crippen molar-refractivity contribution in [2.75, 3.05) is 6.54 Å². The third-order valence-electron chi connectivity index (χ3n) is 3.69. The fourth-order valence-electron chi connectivity index (χ4n) is 2.12. The number of halogens is 2. The van der Waals surface area contributed by atoms with Crippen LogP contribution in [0.4, 0.5) is 8.78 Å². The van der Waals surface area contributed by atoms with Crippen LogP contribution in [0.15, 0.2) is 30.3 Å². The zero-order valence-corrected chi connectivity index (χ0v) is 13.4. The minimum atomic E-state index is -3.43. The molecule has 0 aliphatic rings. The molecule has 0 aromatic heterocycles. The number of ether oxygens (including phenoxy) is 1. The number of hydrogen-bond donors (Lipinski definition) is 4. The average Bonchev–Trinajstić information content (AvgIpc) is 2.59. The van der Waals surface area contributed by atoms with Gasteiger partial charge in [-0.05, 0) is 24.8 Å². The third kappa shape index (κ3) is 6.48. The summed E-state index contributed by atoms with van der Waals surface area (Å²) in [5, 5.41) is 9.45. The van der Waals surface area contributed by atoms with E-state index in [0.717, 1.165) is 5.56 Å². The second kappa shape index (κ2) is 9.63. The monoisotopic (exact) mass is 345 g/mol. The first kappa shape index (κ1) is 20.4. The Hall–Kier alpha value is -1.61. The number of esters is 1. The van der Waals surface area contributed by atoms with E-state index in [1.54, 1.807) is 0 Å². The molecule has 1 aromatic carbocycles. The minimum Gasteiger partial charge on any atom is -0.460 e. The van der Waals surface area contributed by atoms with Crippen LogP contribution in [0.1, 0.15) is 24.8 Å². The molecule has 8 heteroatoms. The molecule has 24 heavy (non-hydrogen) atoms. The number of aliphatic hydroxyl groups excluding tert-OH is 1. The Labute approximate surface area is 140 Å². The van der Waals surface area contributed by atoms with Gasteiger partial charge in [0, 0.05) is 6.04 Å². The molecule has 1 rings (SSSR count). The van der Waals surface area contributed by atoms with E-state index in [9.17, 15) is 18.7 Å². The van der Waals surface area contributed by atoms with Gasteiger partial charge in [-0.15, -0.1) is 0 Å². The summed E-state index contributed by atoms with van der Waals surface area (Å²) in [4.78, 5) is 11.8. The SMILES string of the molecule is NCC(F)(F)C(O)C(N)CCCC(N)C(=O)OCc1ccccc1. The largest absolute Gasteiger partial charge is 0.460 e. The lowest BCUT2D eigenvalue weighted by Crippen LogP contribution is -2.51. The molecule has 0 radical (unpaired) electrons. The van der Waals surface area contributed by atoms with Crippen molar-refractivity contribution in [3.63, 3.8) is 0 Å². The summed E-state index contributed by atoms with van der Waals surface area (Å²) in [5.74, 6) is -4.00. The Bertz CT molecular complexity index is 503. The molecule has 0 saturated carbocycles. The fraction of sp³-hybridized carbons (Fsp3) is 0.562. The maximum atomic E-state index is 13.2. The van der Waals surface area contributed by atoms with E-state index in [1.807, 2.05) is 30.3 Å². The maximum Gasteiger partial charge on any atom is 0.323 e. The highest BCUT2D eigenvalue weighted by Gasteiger charge is 2.40. The smallest absolute Gasteiger partial charge is 0.323 e. The van der Waals surface area contributed by atoms with Crippen molar-refractivity contribution in [2.24, 2.45) is 17.2 Å². The van der Waals surface area contributed by atoms with Crippen molar-refractivity contribution in [3.05, 3.63) is 35.9 Å². The summed E-state index contributed by atoms with van der Waals surface area (Å²) >= 11 is 0. The molecule has 0 saturated heterocycles. The van der Waals surface area contributed by atoms with Gasteiger partial charge in [-0.1, -0.05) is 30.3 Å². The topological polar surface area (TPSA) is 125 Å². The minimum absolute atomic E-state index is 0.0937. The van der Waals surface area contributed by atoms with Crippen molar-refractivity contribution in [1.29, 1.82) is 0 Å². The zero-order chi connectivity index (χ0) is 18.2. The van der Waals surface area contributed by atoms with Crippen molar-refractivity contribution < 1.29 is 23.4 Å². The molecule has 0 heterocycles. The van der Waals surface area contributed by atoms with E-state index in [0.29, 0.717) is 6.42 Å². The van der Waals surface area contributed by atoms with Crippen LogP contribution in [-0.4, -0.2) is 41.7 Å². The van der Waals surface area contributed by atoms with Gasteiger partial charge >= 0.3 is 5.97 Å². The Morgan fingerprint density at radius 1 is 1.21 bits per heavy atom. The van der Waals surface area contributed by atoms with Crippen LogP contribution in [0.25, 0.3) is 0 Å². The maximum absolute atomic E-state index is 13.2. The lowest BCUT2D eigenvalue weighted by atomic mass is 9.98. The third-order valence-corrected chi connectivity index (χ3v) is 3.69.